The maximum absolute atomic E-state index is 13.3. The molecule has 0 aliphatic carbocycles. The van der Waals surface area contributed by atoms with Gasteiger partial charge < -0.3 is 15.0 Å². The van der Waals surface area contributed by atoms with E-state index in [9.17, 15) is 9.18 Å². The molecule has 1 N–H and O–H groups in total. The number of ether oxygens (including phenoxy) is 1. The van der Waals surface area contributed by atoms with Crippen molar-refractivity contribution >= 4 is 17.4 Å². The van der Waals surface area contributed by atoms with Crippen LogP contribution in [0.2, 0.25) is 0 Å². The van der Waals surface area contributed by atoms with Gasteiger partial charge in [-0.1, -0.05) is 0 Å². The summed E-state index contributed by atoms with van der Waals surface area (Å²) in [5, 5.41) is 7.89. The average molecular weight is 467 g/mol. The average Bonchev–Trinajstić information content (AvgIpc) is 3.28. The quantitative estimate of drug-likeness (QED) is 0.602. The molecule has 180 valence electrons. The SMILES string of the molecule is Cc1cc(N2CCC(C(=O)NCCN3CCOCC3)CC2)n2nc(-c3ccc(F)cc3)cc2n1. The summed E-state index contributed by atoms with van der Waals surface area (Å²) in [7, 11) is 0. The van der Waals surface area contributed by atoms with Crippen molar-refractivity contribution in [2.45, 2.75) is 19.8 Å². The number of hydrogen-bond acceptors (Lipinski definition) is 6. The molecule has 1 amide bonds. The Morgan fingerprint density at radius 2 is 1.85 bits per heavy atom. The second-order valence-electron chi connectivity index (χ2n) is 9.07. The first kappa shape index (κ1) is 22.7. The molecule has 5 rings (SSSR count). The highest BCUT2D eigenvalue weighted by atomic mass is 19.1. The number of carbonyl (C=O) groups is 1. The molecule has 0 bridgehead atoms. The molecule has 4 heterocycles. The number of rotatable bonds is 6. The van der Waals surface area contributed by atoms with E-state index in [2.05, 4.69) is 20.1 Å². The van der Waals surface area contributed by atoms with Crippen LogP contribution >= 0.6 is 0 Å². The van der Waals surface area contributed by atoms with E-state index < -0.39 is 0 Å². The molecular formula is C25H31FN6O2. The number of aromatic nitrogens is 3. The molecule has 8 nitrogen and oxygen atoms in total. The minimum Gasteiger partial charge on any atom is -0.379 e. The molecule has 2 saturated heterocycles. The summed E-state index contributed by atoms with van der Waals surface area (Å²) in [5.41, 5.74) is 3.28. The standard InChI is InChI=1S/C25H31FN6O2/c1-18-16-24(32-23(28-18)17-22(29-32)19-2-4-21(26)5-3-19)31-9-6-20(7-10-31)25(33)27-8-11-30-12-14-34-15-13-30/h2-5,16-17,20H,6-15H2,1H3,(H,27,33). The summed E-state index contributed by atoms with van der Waals surface area (Å²) >= 11 is 0. The number of piperidine rings is 1. The molecule has 2 fully saturated rings. The minimum atomic E-state index is -0.268. The Balaban J connectivity index is 1.22. The van der Waals surface area contributed by atoms with Gasteiger partial charge in [-0.2, -0.15) is 9.61 Å². The number of hydrogen-bond donors (Lipinski definition) is 1. The molecule has 0 spiro atoms. The van der Waals surface area contributed by atoms with Crippen molar-refractivity contribution in [1.29, 1.82) is 0 Å². The zero-order valence-corrected chi connectivity index (χ0v) is 19.5. The smallest absolute Gasteiger partial charge is 0.223 e. The predicted octanol–water partition coefficient (Wildman–Crippen LogP) is 2.51. The molecule has 9 heteroatoms. The number of carbonyl (C=O) groups excluding carboxylic acids is 1. The lowest BCUT2D eigenvalue weighted by molar-refractivity contribution is -0.125. The Bertz CT molecular complexity index is 1130. The van der Waals surface area contributed by atoms with Crippen molar-refractivity contribution < 1.29 is 13.9 Å². The zero-order valence-electron chi connectivity index (χ0n) is 19.5. The normalized spacial score (nSPS) is 17.9. The van der Waals surface area contributed by atoms with Crippen LogP contribution in [0.25, 0.3) is 16.9 Å². The lowest BCUT2D eigenvalue weighted by atomic mass is 9.96. The molecule has 0 saturated carbocycles. The largest absolute Gasteiger partial charge is 0.379 e. The van der Waals surface area contributed by atoms with Crippen molar-refractivity contribution in [2.24, 2.45) is 5.92 Å². The maximum Gasteiger partial charge on any atom is 0.223 e. The van der Waals surface area contributed by atoms with Gasteiger partial charge in [-0.05, 0) is 44.0 Å². The Morgan fingerprint density at radius 1 is 1.12 bits per heavy atom. The van der Waals surface area contributed by atoms with Crippen LogP contribution in [0.5, 0.6) is 0 Å². The molecule has 2 aliphatic heterocycles. The van der Waals surface area contributed by atoms with Gasteiger partial charge in [0, 0.05) is 68.6 Å². The maximum atomic E-state index is 13.3. The van der Waals surface area contributed by atoms with Gasteiger partial charge in [0.25, 0.3) is 0 Å². The first-order valence-corrected chi connectivity index (χ1v) is 12.0. The number of nitrogens with one attached hydrogen (secondary N) is 1. The molecule has 34 heavy (non-hydrogen) atoms. The van der Waals surface area contributed by atoms with E-state index in [0.29, 0.717) is 6.54 Å². The van der Waals surface area contributed by atoms with Gasteiger partial charge in [-0.25, -0.2) is 9.37 Å². The summed E-state index contributed by atoms with van der Waals surface area (Å²) in [6.45, 7) is 8.52. The van der Waals surface area contributed by atoms with Crippen molar-refractivity contribution in [2.75, 3.05) is 57.4 Å². The molecule has 0 radical (unpaired) electrons. The Hall–Kier alpha value is -3.04. The molecule has 2 aliphatic rings. The third kappa shape index (κ3) is 5.05. The number of amides is 1. The zero-order chi connectivity index (χ0) is 23.5. The van der Waals surface area contributed by atoms with Crippen LogP contribution in [0.1, 0.15) is 18.5 Å². The third-order valence-electron chi connectivity index (χ3n) is 6.70. The molecular weight excluding hydrogens is 435 g/mol. The first-order valence-electron chi connectivity index (χ1n) is 12.0. The van der Waals surface area contributed by atoms with Crippen LogP contribution in [0.3, 0.4) is 0 Å². The predicted molar refractivity (Wildman–Crippen MR) is 128 cm³/mol. The highest BCUT2D eigenvalue weighted by molar-refractivity contribution is 5.79. The molecule has 0 unspecified atom stereocenters. The fourth-order valence-electron chi connectivity index (χ4n) is 4.74. The number of benzene rings is 1. The lowest BCUT2D eigenvalue weighted by Gasteiger charge is -2.33. The van der Waals surface area contributed by atoms with Gasteiger partial charge in [-0.15, -0.1) is 0 Å². The van der Waals surface area contributed by atoms with Crippen LogP contribution in [0, 0.1) is 18.7 Å². The number of fused-ring (bicyclic) bond motifs is 1. The summed E-state index contributed by atoms with van der Waals surface area (Å²) in [6, 6.07) is 10.3. The fourth-order valence-corrected chi connectivity index (χ4v) is 4.74. The van der Waals surface area contributed by atoms with Gasteiger partial charge in [0.05, 0.1) is 18.9 Å². The topological polar surface area (TPSA) is 75.0 Å². The van der Waals surface area contributed by atoms with Crippen LogP contribution < -0.4 is 10.2 Å². The number of halogens is 1. The highest BCUT2D eigenvalue weighted by Gasteiger charge is 2.27. The molecule has 0 atom stereocenters. The third-order valence-corrected chi connectivity index (χ3v) is 6.70. The fraction of sp³-hybridized carbons (Fsp3) is 0.480. The highest BCUT2D eigenvalue weighted by Crippen LogP contribution is 2.27. The van der Waals surface area contributed by atoms with E-state index in [0.717, 1.165) is 87.2 Å². The number of nitrogens with zero attached hydrogens (tertiary/aromatic N) is 5. The van der Waals surface area contributed by atoms with Gasteiger partial charge in [0.2, 0.25) is 5.91 Å². The Kier molecular flexibility index (Phi) is 6.73. The monoisotopic (exact) mass is 466 g/mol. The van der Waals surface area contributed by atoms with Gasteiger partial charge in [-0.3, -0.25) is 9.69 Å². The minimum absolute atomic E-state index is 0.0340. The number of morpholine rings is 1. The lowest BCUT2D eigenvalue weighted by Crippen LogP contribution is -2.44. The molecule has 3 aromatic rings. The second kappa shape index (κ2) is 10.1. The Morgan fingerprint density at radius 3 is 2.59 bits per heavy atom. The van der Waals surface area contributed by atoms with Crippen LogP contribution in [0.15, 0.2) is 36.4 Å². The summed E-state index contributed by atoms with van der Waals surface area (Å²) < 4.78 is 20.6. The summed E-state index contributed by atoms with van der Waals surface area (Å²) in [6.07, 6.45) is 1.61. The number of anilines is 1. The van der Waals surface area contributed by atoms with Gasteiger partial charge in [0.1, 0.15) is 11.6 Å². The summed E-state index contributed by atoms with van der Waals surface area (Å²) in [4.78, 5) is 21.9. The van der Waals surface area contributed by atoms with E-state index in [4.69, 9.17) is 9.84 Å². The summed E-state index contributed by atoms with van der Waals surface area (Å²) in [5.74, 6) is 0.894. The van der Waals surface area contributed by atoms with E-state index >= 15 is 0 Å². The molecule has 2 aromatic heterocycles. The van der Waals surface area contributed by atoms with Gasteiger partial charge >= 0.3 is 0 Å². The van der Waals surface area contributed by atoms with E-state index in [1.807, 2.05) is 23.6 Å². The van der Waals surface area contributed by atoms with E-state index in [1.54, 1.807) is 12.1 Å². The Labute approximate surface area is 198 Å². The van der Waals surface area contributed by atoms with Crippen molar-refractivity contribution in [1.82, 2.24) is 24.8 Å². The van der Waals surface area contributed by atoms with E-state index in [1.165, 1.54) is 12.1 Å². The van der Waals surface area contributed by atoms with E-state index in [-0.39, 0.29) is 17.6 Å². The van der Waals surface area contributed by atoms with Crippen molar-refractivity contribution in [3.05, 3.63) is 47.9 Å². The first-order chi connectivity index (χ1) is 16.6. The van der Waals surface area contributed by atoms with Crippen LogP contribution in [0.4, 0.5) is 10.2 Å². The molecule has 1 aromatic carbocycles. The van der Waals surface area contributed by atoms with Crippen molar-refractivity contribution in [3.8, 4) is 11.3 Å². The van der Waals surface area contributed by atoms with Crippen molar-refractivity contribution in [3.63, 3.8) is 0 Å². The van der Waals surface area contributed by atoms with Crippen LogP contribution in [-0.2, 0) is 9.53 Å². The van der Waals surface area contributed by atoms with Gasteiger partial charge in [0.15, 0.2) is 5.65 Å². The van der Waals surface area contributed by atoms with Crippen LogP contribution in [-0.4, -0.2) is 77.9 Å². The number of aryl methyl sites for hydroxylation is 1. The second-order valence-corrected chi connectivity index (χ2v) is 9.07.